The van der Waals surface area contributed by atoms with Crippen molar-refractivity contribution in [3.8, 4) is 5.69 Å². The Bertz CT molecular complexity index is 881. The number of halogens is 2. The highest BCUT2D eigenvalue weighted by atomic mass is 35.5. The number of nitrogens with zero attached hydrogens (tertiary/aromatic N) is 3. The number of nitrogen functional groups attached to an aromatic ring is 1. The lowest BCUT2D eigenvalue weighted by atomic mass is 10.3. The first kappa shape index (κ1) is 17.6. The van der Waals surface area contributed by atoms with Gasteiger partial charge in [-0.15, -0.1) is 10.2 Å². The summed E-state index contributed by atoms with van der Waals surface area (Å²) >= 11 is 13.1. The average molecular weight is 394 g/mol. The van der Waals surface area contributed by atoms with Crippen LogP contribution in [0.3, 0.4) is 0 Å². The highest BCUT2D eigenvalue weighted by molar-refractivity contribution is 7.99. The van der Waals surface area contributed by atoms with Gasteiger partial charge in [0, 0.05) is 15.7 Å². The average Bonchev–Trinajstić information content (AvgIpc) is 2.93. The molecule has 0 fully saturated rings. The Morgan fingerprint density at radius 2 is 1.80 bits per heavy atom. The number of thioether (sulfide) groups is 1. The second kappa shape index (κ2) is 7.77. The quantitative estimate of drug-likeness (QED) is 0.642. The molecule has 1 amide bonds. The van der Waals surface area contributed by atoms with E-state index in [9.17, 15) is 4.79 Å². The number of amides is 1. The summed E-state index contributed by atoms with van der Waals surface area (Å²) in [5.74, 6) is 0.176. The van der Waals surface area contributed by atoms with Crippen molar-refractivity contribution in [1.29, 1.82) is 0 Å². The van der Waals surface area contributed by atoms with Crippen molar-refractivity contribution in [2.75, 3.05) is 16.8 Å². The monoisotopic (exact) mass is 393 g/mol. The number of hydrogen-bond donors (Lipinski definition) is 2. The first-order valence-electron chi connectivity index (χ1n) is 7.18. The van der Waals surface area contributed by atoms with Crippen LogP contribution < -0.4 is 11.1 Å². The van der Waals surface area contributed by atoms with Crippen molar-refractivity contribution in [3.63, 3.8) is 0 Å². The minimum Gasteiger partial charge on any atom is -0.368 e. The van der Waals surface area contributed by atoms with E-state index in [0.29, 0.717) is 20.9 Å². The lowest BCUT2D eigenvalue weighted by Gasteiger charge is -2.08. The lowest BCUT2D eigenvalue weighted by Crippen LogP contribution is -2.14. The maximum atomic E-state index is 12.2. The van der Waals surface area contributed by atoms with E-state index >= 15 is 0 Å². The maximum absolute atomic E-state index is 12.2. The molecule has 0 aliphatic carbocycles. The second-order valence-corrected chi connectivity index (χ2v) is 6.82. The molecule has 0 bridgehead atoms. The summed E-state index contributed by atoms with van der Waals surface area (Å²) in [5, 5.41) is 12.1. The van der Waals surface area contributed by atoms with Crippen molar-refractivity contribution in [2.24, 2.45) is 0 Å². The van der Waals surface area contributed by atoms with Crippen molar-refractivity contribution in [3.05, 3.63) is 58.6 Å². The lowest BCUT2D eigenvalue weighted by molar-refractivity contribution is -0.113. The van der Waals surface area contributed by atoms with Crippen LogP contribution >= 0.6 is 35.0 Å². The molecule has 1 heterocycles. The van der Waals surface area contributed by atoms with Crippen LogP contribution in [0.25, 0.3) is 5.69 Å². The summed E-state index contributed by atoms with van der Waals surface area (Å²) < 4.78 is 1.69. The summed E-state index contributed by atoms with van der Waals surface area (Å²) in [4.78, 5) is 12.2. The van der Waals surface area contributed by atoms with Crippen LogP contribution in [0.4, 0.5) is 11.6 Å². The highest BCUT2D eigenvalue weighted by Crippen LogP contribution is 2.25. The van der Waals surface area contributed by atoms with E-state index in [1.165, 1.54) is 11.8 Å². The Hall–Kier alpha value is -2.22. The summed E-state index contributed by atoms with van der Waals surface area (Å²) in [5.41, 5.74) is 7.25. The number of anilines is 2. The first-order chi connectivity index (χ1) is 12.0. The smallest absolute Gasteiger partial charge is 0.234 e. The van der Waals surface area contributed by atoms with Gasteiger partial charge in [0.2, 0.25) is 11.9 Å². The van der Waals surface area contributed by atoms with Gasteiger partial charge in [0.15, 0.2) is 5.16 Å². The molecule has 128 valence electrons. The van der Waals surface area contributed by atoms with Gasteiger partial charge >= 0.3 is 0 Å². The molecule has 0 aliphatic heterocycles. The van der Waals surface area contributed by atoms with E-state index in [1.807, 2.05) is 30.3 Å². The van der Waals surface area contributed by atoms with Gasteiger partial charge in [0.05, 0.1) is 11.4 Å². The third kappa shape index (κ3) is 4.45. The Morgan fingerprint density at radius 1 is 1.12 bits per heavy atom. The SMILES string of the molecule is Nc1nnc(SCC(=O)Nc2cc(Cl)cc(Cl)c2)n1-c1ccccc1. The molecule has 0 radical (unpaired) electrons. The molecule has 0 spiro atoms. The van der Waals surface area contributed by atoms with Gasteiger partial charge in [-0.05, 0) is 30.3 Å². The van der Waals surface area contributed by atoms with Crippen LogP contribution in [0.5, 0.6) is 0 Å². The zero-order valence-corrected chi connectivity index (χ0v) is 15.1. The minimum absolute atomic E-state index is 0.134. The number of nitrogens with one attached hydrogen (secondary N) is 1. The number of para-hydroxylation sites is 1. The van der Waals surface area contributed by atoms with Gasteiger partial charge in [0.1, 0.15) is 0 Å². The molecule has 0 atom stereocenters. The van der Waals surface area contributed by atoms with Crippen molar-refractivity contribution < 1.29 is 4.79 Å². The van der Waals surface area contributed by atoms with Crippen LogP contribution in [0, 0.1) is 0 Å². The van der Waals surface area contributed by atoms with Crippen LogP contribution in [0.1, 0.15) is 0 Å². The predicted molar refractivity (Wildman–Crippen MR) is 102 cm³/mol. The molecule has 2 aromatic carbocycles. The molecule has 9 heteroatoms. The molecule has 3 rings (SSSR count). The Morgan fingerprint density at radius 3 is 2.48 bits per heavy atom. The van der Waals surface area contributed by atoms with Gasteiger partial charge in [0.25, 0.3) is 0 Å². The molecule has 25 heavy (non-hydrogen) atoms. The van der Waals surface area contributed by atoms with E-state index in [0.717, 1.165) is 5.69 Å². The number of carbonyl (C=O) groups excluding carboxylic acids is 1. The first-order valence-corrected chi connectivity index (χ1v) is 8.92. The summed E-state index contributed by atoms with van der Waals surface area (Å²) in [6, 6.07) is 14.3. The zero-order valence-electron chi connectivity index (χ0n) is 12.8. The fraction of sp³-hybridized carbons (Fsp3) is 0.0625. The third-order valence-electron chi connectivity index (χ3n) is 3.15. The van der Waals surface area contributed by atoms with E-state index < -0.39 is 0 Å². The molecular weight excluding hydrogens is 381 g/mol. The van der Waals surface area contributed by atoms with Crippen molar-refractivity contribution >= 4 is 52.5 Å². The standard InChI is InChI=1S/C16H13Cl2N5OS/c17-10-6-11(18)8-12(7-10)20-14(24)9-25-16-22-21-15(19)23(16)13-4-2-1-3-5-13/h1-8H,9H2,(H2,19,21)(H,20,24). The molecule has 0 saturated carbocycles. The van der Waals surface area contributed by atoms with Gasteiger partial charge in [-0.1, -0.05) is 53.2 Å². The number of benzene rings is 2. The molecule has 6 nitrogen and oxygen atoms in total. The Labute approximate surface area is 158 Å². The van der Waals surface area contributed by atoms with Crippen LogP contribution in [0.15, 0.2) is 53.7 Å². The van der Waals surface area contributed by atoms with E-state index in [2.05, 4.69) is 15.5 Å². The van der Waals surface area contributed by atoms with E-state index in [1.54, 1.807) is 22.8 Å². The van der Waals surface area contributed by atoms with E-state index in [-0.39, 0.29) is 17.6 Å². The summed E-state index contributed by atoms with van der Waals surface area (Å²) in [6.07, 6.45) is 0. The van der Waals surface area contributed by atoms with Crippen LogP contribution in [-0.4, -0.2) is 26.4 Å². The normalized spacial score (nSPS) is 10.6. The van der Waals surface area contributed by atoms with Gasteiger partial charge in [-0.3, -0.25) is 9.36 Å². The molecule has 1 aromatic heterocycles. The predicted octanol–water partition coefficient (Wildman–Crippen LogP) is 3.89. The fourth-order valence-corrected chi connectivity index (χ4v) is 3.43. The van der Waals surface area contributed by atoms with Gasteiger partial charge in [-0.2, -0.15) is 0 Å². The third-order valence-corrected chi connectivity index (χ3v) is 4.52. The number of carbonyl (C=O) groups is 1. The largest absolute Gasteiger partial charge is 0.368 e. The number of rotatable bonds is 5. The Balaban J connectivity index is 1.69. The minimum atomic E-state index is -0.218. The zero-order chi connectivity index (χ0) is 17.8. The summed E-state index contributed by atoms with van der Waals surface area (Å²) in [6.45, 7) is 0. The second-order valence-electron chi connectivity index (χ2n) is 5.01. The van der Waals surface area contributed by atoms with Crippen molar-refractivity contribution in [1.82, 2.24) is 14.8 Å². The van der Waals surface area contributed by atoms with Crippen LogP contribution in [0.2, 0.25) is 10.0 Å². The molecule has 3 N–H and O–H groups in total. The maximum Gasteiger partial charge on any atom is 0.234 e. The molecule has 0 unspecified atom stereocenters. The van der Waals surface area contributed by atoms with Gasteiger partial charge < -0.3 is 11.1 Å². The van der Waals surface area contributed by atoms with E-state index in [4.69, 9.17) is 28.9 Å². The van der Waals surface area contributed by atoms with Crippen LogP contribution in [-0.2, 0) is 4.79 Å². The molecular formula is C16H13Cl2N5OS. The number of nitrogens with two attached hydrogens (primary N) is 1. The van der Waals surface area contributed by atoms with Crippen molar-refractivity contribution in [2.45, 2.75) is 5.16 Å². The fourth-order valence-electron chi connectivity index (χ4n) is 2.15. The number of aromatic nitrogens is 3. The van der Waals surface area contributed by atoms with Gasteiger partial charge in [-0.25, -0.2) is 0 Å². The molecule has 3 aromatic rings. The molecule has 0 aliphatic rings. The summed E-state index contributed by atoms with van der Waals surface area (Å²) in [7, 11) is 0. The number of hydrogen-bond acceptors (Lipinski definition) is 5. The Kier molecular flexibility index (Phi) is 5.47. The topological polar surface area (TPSA) is 85.8 Å². The molecule has 0 saturated heterocycles. The highest BCUT2D eigenvalue weighted by Gasteiger charge is 2.14.